The van der Waals surface area contributed by atoms with E-state index in [1.807, 2.05) is 31.2 Å². The van der Waals surface area contributed by atoms with Crippen LogP contribution >= 0.6 is 0 Å². The van der Waals surface area contributed by atoms with Crippen molar-refractivity contribution in [1.29, 1.82) is 0 Å². The average molecular weight is 233 g/mol. The fourth-order valence-electron chi connectivity index (χ4n) is 1.97. The number of aliphatic carboxylic acids is 1. The van der Waals surface area contributed by atoms with E-state index < -0.39 is 5.97 Å². The molecule has 2 rings (SSSR count). The lowest BCUT2D eigenvalue weighted by atomic mass is 9.92. The van der Waals surface area contributed by atoms with Gasteiger partial charge < -0.3 is 15.3 Å². The first-order valence-corrected chi connectivity index (χ1v) is 5.53. The zero-order valence-corrected chi connectivity index (χ0v) is 9.59. The number of para-hydroxylation sites is 1. The standard InChI is InChI=1S/C13H15NO3/c1-8(6-12(15)16)13(14)10-7-17-11-5-3-2-4-9(10)11/h2-5,7-8,13H,6,14H2,1H3,(H,15,16). The van der Waals surface area contributed by atoms with Gasteiger partial charge in [-0.1, -0.05) is 25.1 Å². The number of carboxylic acids is 1. The molecule has 0 amide bonds. The highest BCUT2D eigenvalue weighted by Crippen LogP contribution is 2.30. The summed E-state index contributed by atoms with van der Waals surface area (Å²) < 4.78 is 5.40. The van der Waals surface area contributed by atoms with E-state index in [-0.39, 0.29) is 18.4 Å². The molecule has 17 heavy (non-hydrogen) atoms. The van der Waals surface area contributed by atoms with E-state index in [1.54, 1.807) is 6.26 Å². The fraction of sp³-hybridized carbons (Fsp3) is 0.308. The summed E-state index contributed by atoms with van der Waals surface area (Å²) in [5, 5.41) is 9.72. The van der Waals surface area contributed by atoms with Gasteiger partial charge >= 0.3 is 5.97 Å². The Kier molecular flexibility index (Phi) is 3.15. The minimum absolute atomic E-state index is 0.0562. The van der Waals surface area contributed by atoms with Crippen molar-refractivity contribution in [3.63, 3.8) is 0 Å². The highest BCUT2D eigenvalue weighted by atomic mass is 16.4. The predicted octanol–water partition coefficient (Wildman–Crippen LogP) is 2.54. The van der Waals surface area contributed by atoms with Crippen LogP contribution in [-0.2, 0) is 4.79 Å². The van der Waals surface area contributed by atoms with Crippen molar-refractivity contribution in [2.45, 2.75) is 19.4 Å². The van der Waals surface area contributed by atoms with Gasteiger partial charge in [0.15, 0.2) is 0 Å². The highest BCUT2D eigenvalue weighted by molar-refractivity contribution is 5.81. The SMILES string of the molecule is CC(CC(=O)O)C(N)c1coc2ccccc12. The number of benzene rings is 1. The Hall–Kier alpha value is -1.81. The van der Waals surface area contributed by atoms with Crippen LogP contribution < -0.4 is 5.73 Å². The zero-order chi connectivity index (χ0) is 12.4. The summed E-state index contributed by atoms with van der Waals surface area (Å²) in [5.74, 6) is -0.964. The molecule has 1 heterocycles. The van der Waals surface area contributed by atoms with Crippen LogP contribution in [0.3, 0.4) is 0 Å². The fourth-order valence-corrected chi connectivity index (χ4v) is 1.97. The monoisotopic (exact) mass is 233 g/mol. The van der Waals surface area contributed by atoms with Gasteiger partial charge in [0, 0.05) is 23.4 Å². The van der Waals surface area contributed by atoms with Crippen LogP contribution in [0.15, 0.2) is 34.9 Å². The van der Waals surface area contributed by atoms with E-state index in [4.69, 9.17) is 15.3 Å². The van der Waals surface area contributed by atoms with Crippen molar-refractivity contribution in [1.82, 2.24) is 0 Å². The molecule has 4 nitrogen and oxygen atoms in total. The molecule has 3 N–H and O–H groups in total. The summed E-state index contributed by atoms with van der Waals surface area (Å²) >= 11 is 0. The molecule has 2 atom stereocenters. The molecule has 0 bridgehead atoms. The van der Waals surface area contributed by atoms with E-state index >= 15 is 0 Å². The normalized spacial score (nSPS) is 14.7. The van der Waals surface area contributed by atoms with Crippen LogP contribution in [0.1, 0.15) is 24.9 Å². The molecule has 0 aliphatic heterocycles. The minimum Gasteiger partial charge on any atom is -0.481 e. The molecule has 1 aromatic carbocycles. The molecule has 4 heteroatoms. The van der Waals surface area contributed by atoms with Gasteiger partial charge in [0.25, 0.3) is 0 Å². The highest BCUT2D eigenvalue weighted by Gasteiger charge is 2.21. The predicted molar refractivity (Wildman–Crippen MR) is 64.6 cm³/mol. The summed E-state index contributed by atoms with van der Waals surface area (Å²) in [6.07, 6.45) is 1.67. The van der Waals surface area contributed by atoms with Crippen LogP contribution in [0.4, 0.5) is 0 Å². The van der Waals surface area contributed by atoms with Crippen molar-refractivity contribution < 1.29 is 14.3 Å². The second kappa shape index (κ2) is 4.59. The van der Waals surface area contributed by atoms with Gasteiger partial charge in [0.05, 0.1) is 6.26 Å². The van der Waals surface area contributed by atoms with Crippen molar-refractivity contribution in [2.75, 3.05) is 0 Å². The van der Waals surface area contributed by atoms with Crippen molar-refractivity contribution in [3.8, 4) is 0 Å². The number of carbonyl (C=O) groups is 1. The Bertz CT molecular complexity index is 532. The lowest BCUT2D eigenvalue weighted by Gasteiger charge is -2.16. The van der Waals surface area contributed by atoms with Gasteiger partial charge in [0.1, 0.15) is 5.58 Å². The molecule has 0 saturated heterocycles. The maximum atomic E-state index is 10.7. The van der Waals surface area contributed by atoms with Crippen LogP contribution in [0, 0.1) is 5.92 Å². The van der Waals surface area contributed by atoms with E-state index in [2.05, 4.69) is 0 Å². The van der Waals surface area contributed by atoms with E-state index in [9.17, 15) is 4.79 Å². The largest absolute Gasteiger partial charge is 0.481 e. The second-order valence-electron chi connectivity index (χ2n) is 4.29. The quantitative estimate of drug-likeness (QED) is 0.850. The number of carboxylic acid groups (broad SMARTS) is 1. The molecule has 0 aliphatic rings. The Morgan fingerprint density at radius 1 is 1.47 bits per heavy atom. The molecule has 90 valence electrons. The number of nitrogens with two attached hydrogens (primary N) is 1. The van der Waals surface area contributed by atoms with Gasteiger partial charge in [0.2, 0.25) is 0 Å². The third-order valence-corrected chi connectivity index (χ3v) is 2.98. The third kappa shape index (κ3) is 2.31. The lowest BCUT2D eigenvalue weighted by molar-refractivity contribution is -0.138. The van der Waals surface area contributed by atoms with Gasteiger partial charge in [-0.3, -0.25) is 4.79 Å². The van der Waals surface area contributed by atoms with Gasteiger partial charge in [-0.05, 0) is 12.0 Å². The summed E-state index contributed by atoms with van der Waals surface area (Å²) in [5.41, 5.74) is 7.72. The molecule has 0 aliphatic carbocycles. The Morgan fingerprint density at radius 3 is 2.88 bits per heavy atom. The summed E-state index contributed by atoms with van der Waals surface area (Å²) in [7, 11) is 0. The molecule has 0 radical (unpaired) electrons. The molecular formula is C13H15NO3. The van der Waals surface area contributed by atoms with Crippen molar-refractivity contribution in [3.05, 3.63) is 36.1 Å². The first-order chi connectivity index (χ1) is 8.09. The summed E-state index contributed by atoms with van der Waals surface area (Å²) in [4.78, 5) is 10.7. The minimum atomic E-state index is -0.833. The van der Waals surface area contributed by atoms with Gasteiger partial charge in [-0.2, -0.15) is 0 Å². The van der Waals surface area contributed by atoms with Crippen molar-refractivity contribution in [2.24, 2.45) is 11.7 Å². The van der Waals surface area contributed by atoms with Crippen molar-refractivity contribution >= 4 is 16.9 Å². The van der Waals surface area contributed by atoms with Crippen LogP contribution in [0.5, 0.6) is 0 Å². The van der Waals surface area contributed by atoms with E-state index in [0.29, 0.717) is 0 Å². The number of hydrogen-bond acceptors (Lipinski definition) is 3. The molecule has 2 aromatic rings. The van der Waals surface area contributed by atoms with Crippen LogP contribution in [0.2, 0.25) is 0 Å². The number of fused-ring (bicyclic) bond motifs is 1. The Balaban J connectivity index is 2.30. The molecule has 0 fully saturated rings. The first kappa shape index (κ1) is 11.7. The van der Waals surface area contributed by atoms with Gasteiger partial charge in [-0.25, -0.2) is 0 Å². The van der Waals surface area contributed by atoms with E-state index in [1.165, 1.54) is 0 Å². The maximum absolute atomic E-state index is 10.7. The molecule has 1 aromatic heterocycles. The third-order valence-electron chi connectivity index (χ3n) is 2.98. The molecule has 0 saturated carbocycles. The van der Waals surface area contributed by atoms with Crippen LogP contribution in [-0.4, -0.2) is 11.1 Å². The topological polar surface area (TPSA) is 76.5 Å². The smallest absolute Gasteiger partial charge is 0.303 e. The Labute approximate surface area is 99.0 Å². The number of rotatable bonds is 4. The van der Waals surface area contributed by atoms with Gasteiger partial charge in [-0.15, -0.1) is 0 Å². The first-order valence-electron chi connectivity index (χ1n) is 5.53. The Morgan fingerprint density at radius 2 is 2.18 bits per heavy atom. The second-order valence-corrected chi connectivity index (χ2v) is 4.29. The van der Waals surface area contributed by atoms with Crippen LogP contribution in [0.25, 0.3) is 11.0 Å². The lowest BCUT2D eigenvalue weighted by Crippen LogP contribution is -2.21. The summed E-state index contributed by atoms with van der Waals surface area (Å²) in [6, 6.07) is 7.28. The number of hydrogen-bond donors (Lipinski definition) is 2. The van der Waals surface area contributed by atoms with E-state index in [0.717, 1.165) is 16.5 Å². The molecular weight excluding hydrogens is 218 g/mol. The summed E-state index contributed by atoms with van der Waals surface area (Å²) in [6.45, 7) is 1.83. The number of furan rings is 1. The zero-order valence-electron chi connectivity index (χ0n) is 9.59. The maximum Gasteiger partial charge on any atom is 0.303 e. The average Bonchev–Trinajstić information content (AvgIpc) is 2.70. The molecule has 2 unspecified atom stereocenters. The molecule has 0 spiro atoms.